The molecule has 1 nitrogen and oxygen atoms in total. The SMILES string of the molecule is O=C(Cc1ccc(Cl)cc1)c1ccccc1C(F)(F)F. The molecule has 0 aromatic heterocycles. The Kier molecular flexibility index (Phi) is 4.14. The molecule has 2 aromatic carbocycles. The fraction of sp³-hybridized carbons (Fsp3) is 0.133. The molecule has 0 bridgehead atoms. The van der Waals surface area contributed by atoms with Gasteiger partial charge >= 0.3 is 6.18 Å². The van der Waals surface area contributed by atoms with Crippen LogP contribution in [0, 0.1) is 0 Å². The number of ketones is 1. The summed E-state index contributed by atoms with van der Waals surface area (Å²) < 4.78 is 38.5. The van der Waals surface area contributed by atoms with Crippen molar-refractivity contribution in [3.8, 4) is 0 Å². The molecule has 0 unspecified atom stereocenters. The number of carbonyl (C=O) groups is 1. The molecule has 5 heteroatoms. The fourth-order valence-corrected chi connectivity index (χ4v) is 1.98. The number of carbonyl (C=O) groups excluding carboxylic acids is 1. The average molecular weight is 299 g/mol. The van der Waals surface area contributed by atoms with Gasteiger partial charge in [-0.05, 0) is 23.8 Å². The molecule has 0 saturated heterocycles. The Morgan fingerprint density at radius 3 is 2.20 bits per heavy atom. The van der Waals surface area contributed by atoms with E-state index in [0.717, 1.165) is 6.07 Å². The lowest BCUT2D eigenvalue weighted by Crippen LogP contribution is -2.14. The highest BCUT2D eigenvalue weighted by atomic mass is 35.5. The highest BCUT2D eigenvalue weighted by Gasteiger charge is 2.34. The second-order valence-electron chi connectivity index (χ2n) is 4.27. The van der Waals surface area contributed by atoms with E-state index >= 15 is 0 Å². The van der Waals surface area contributed by atoms with Crippen molar-refractivity contribution < 1.29 is 18.0 Å². The van der Waals surface area contributed by atoms with Crippen LogP contribution in [0.5, 0.6) is 0 Å². The topological polar surface area (TPSA) is 17.1 Å². The van der Waals surface area contributed by atoms with E-state index in [1.807, 2.05) is 0 Å². The molecule has 0 heterocycles. The number of hydrogen-bond donors (Lipinski definition) is 0. The maximum absolute atomic E-state index is 12.8. The van der Waals surface area contributed by atoms with Gasteiger partial charge < -0.3 is 0 Å². The van der Waals surface area contributed by atoms with Gasteiger partial charge in [0.25, 0.3) is 0 Å². The van der Waals surface area contributed by atoms with Gasteiger partial charge in [-0.2, -0.15) is 13.2 Å². The van der Waals surface area contributed by atoms with Crippen molar-refractivity contribution in [1.29, 1.82) is 0 Å². The lowest BCUT2D eigenvalue weighted by molar-refractivity contribution is -0.137. The predicted octanol–water partition coefficient (Wildman–Crippen LogP) is 4.78. The average Bonchev–Trinajstić information content (AvgIpc) is 2.40. The van der Waals surface area contributed by atoms with Gasteiger partial charge in [0.05, 0.1) is 5.56 Å². The van der Waals surface area contributed by atoms with Crippen LogP contribution < -0.4 is 0 Å². The summed E-state index contributed by atoms with van der Waals surface area (Å²) >= 11 is 5.72. The first kappa shape index (κ1) is 14.6. The Bertz CT molecular complexity index is 618. The Labute approximate surface area is 119 Å². The number of alkyl halides is 3. The summed E-state index contributed by atoms with van der Waals surface area (Å²) in [6.07, 6.45) is -4.63. The second-order valence-corrected chi connectivity index (χ2v) is 4.71. The molecule has 0 aliphatic heterocycles. The first-order chi connectivity index (χ1) is 9.38. The van der Waals surface area contributed by atoms with Crippen LogP contribution in [-0.4, -0.2) is 5.78 Å². The summed E-state index contributed by atoms with van der Waals surface area (Å²) in [7, 11) is 0. The molecule has 0 aliphatic rings. The molecule has 0 saturated carbocycles. The molecule has 2 aromatic rings. The summed E-state index contributed by atoms with van der Waals surface area (Å²) in [5.41, 5.74) is -0.592. The maximum Gasteiger partial charge on any atom is 0.417 e. The molecule has 0 N–H and O–H groups in total. The van der Waals surface area contributed by atoms with Crippen LogP contribution in [0.1, 0.15) is 21.5 Å². The molecule has 20 heavy (non-hydrogen) atoms. The van der Waals surface area contributed by atoms with E-state index in [4.69, 9.17) is 11.6 Å². The molecular weight excluding hydrogens is 289 g/mol. The van der Waals surface area contributed by atoms with E-state index in [1.54, 1.807) is 24.3 Å². The van der Waals surface area contributed by atoms with Gasteiger partial charge in [0.15, 0.2) is 5.78 Å². The molecule has 0 fully saturated rings. The normalized spacial score (nSPS) is 11.4. The van der Waals surface area contributed by atoms with Crippen LogP contribution in [0.4, 0.5) is 13.2 Å². The standard InChI is InChI=1S/C15H10ClF3O/c16-11-7-5-10(6-8-11)9-14(20)12-3-1-2-4-13(12)15(17,18)19/h1-8H,9H2. The van der Waals surface area contributed by atoms with Crippen LogP contribution >= 0.6 is 11.6 Å². The molecule has 0 aliphatic carbocycles. The van der Waals surface area contributed by atoms with Crippen molar-refractivity contribution in [2.24, 2.45) is 0 Å². The van der Waals surface area contributed by atoms with Gasteiger partial charge in [-0.3, -0.25) is 4.79 Å². The van der Waals surface area contributed by atoms with Crippen LogP contribution in [0.2, 0.25) is 5.02 Å². The Morgan fingerprint density at radius 2 is 1.60 bits per heavy atom. The van der Waals surface area contributed by atoms with Crippen molar-refractivity contribution >= 4 is 17.4 Å². The molecule has 0 atom stereocenters. The number of halogens is 4. The smallest absolute Gasteiger partial charge is 0.294 e. The van der Waals surface area contributed by atoms with Gasteiger partial charge in [-0.25, -0.2) is 0 Å². The third-order valence-electron chi connectivity index (χ3n) is 2.81. The Morgan fingerprint density at radius 1 is 1.00 bits per heavy atom. The molecular formula is C15H10ClF3O. The van der Waals surface area contributed by atoms with E-state index in [0.29, 0.717) is 10.6 Å². The summed E-state index contributed by atoms with van der Waals surface area (Å²) in [5.74, 6) is -0.569. The summed E-state index contributed by atoms with van der Waals surface area (Å²) in [6.45, 7) is 0. The first-order valence-electron chi connectivity index (χ1n) is 5.82. The molecule has 0 spiro atoms. The van der Waals surface area contributed by atoms with E-state index in [9.17, 15) is 18.0 Å². The second kappa shape index (κ2) is 5.67. The summed E-state index contributed by atoms with van der Waals surface area (Å²) in [5, 5.41) is 0.511. The maximum atomic E-state index is 12.8. The zero-order valence-electron chi connectivity index (χ0n) is 10.2. The van der Waals surface area contributed by atoms with Gasteiger partial charge in [0, 0.05) is 17.0 Å². The van der Waals surface area contributed by atoms with Crippen molar-refractivity contribution in [3.05, 3.63) is 70.2 Å². The predicted molar refractivity (Wildman–Crippen MR) is 70.9 cm³/mol. The fourth-order valence-electron chi connectivity index (χ4n) is 1.86. The lowest BCUT2D eigenvalue weighted by atomic mass is 9.98. The van der Waals surface area contributed by atoms with Gasteiger partial charge in [0.2, 0.25) is 0 Å². The summed E-state index contributed by atoms with van der Waals surface area (Å²) in [4.78, 5) is 12.0. The number of rotatable bonds is 3. The quantitative estimate of drug-likeness (QED) is 0.745. The van der Waals surface area contributed by atoms with Gasteiger partial charge in [0.1, 0.15) is 0 Å². The highest BCUT2D eigenvalue weighted by molar-refractivity contribution is 6.30. The van der Waals surface area contributed by atoms with Crippen LogP contribution in [0.15, 0.2) is 48.5 Å². The minimum absolute atomic E-state index is 0.0930. The van der Waals surface area contributed by atoms with Crippen molar-refractivity contribution in [1.82, 2.24) is 0 Å². The van der Waals surface area contributed by atoms with Gasteiger partial charge in [-0.1, -0.05) is 41.9 Å². The Hall–Kier alpha value is -1.81. The molecule has 0 amide bonds. The van der Waals surface area contributed by atoms with Crippen LogP contribution in [0.3, 0.4) is 0 Å². The van der Waals surface area contributed by atoms with Crippen LogP contribution in [-0.2, 0) is 12.6 Å². The minimum Gasteiger partial charge on any atom is -0.294 e. The largest absolute Gasteiger partial charge is 0.417 e. The minimum atomic E-state index is -4.54. The number of benzene rings is 2. The molecule has 104 valence electrons. The monoisotopic (exact) mass is 298 g/mol. The van der Waals surface area contributed by atoms with Crippen molar-refractivity contribution in [2.75, 3.05) is 0 Å². The van der Waals surface area contributed by atoms with Crippen molar-refractivity contribution in [2.45, 2.75) is 12.6 Å². The zero-order chi connectivity index (χ0) is 14.8. The molecule has 0 radical (unpaired) electrons. The molecule has 2 rings (SSSR count). The third-order valence-corrected chi connectivity index (χ3v) is 3.06. The van der Waals surface area contributed by atoms with E-state index in [1.165, 1.54) is 18.2 Å². The number of Topliss-reactive ketones (excluding diaryl/α,β-unsaturated/α-hetero) is 1. The summed E-state index contributed by atoms with van der Waals surface area (Å²) in [6, 6.07) is 11.2. The van der Waals surface area contributed by atoms with Gasteiger partial charge in [-0.15, -0.1) is 0 Å². The Balaban J connectivity index is 2.28. The number of hydrogen-bond acceptors (Lipinski definition) is 1. The van der Waals surface area contributed by atoms with E-state index in [2.05, 4.69) is 0 Å². The third kappa shape index (κ3) is 3.39. The van der Waals surface area contributed by atoms with E-state index < -0.39 is 17.5 Å². The highest BCUT2D eigenvalue weighted by Crippen LogP contribution is 2.32. The van der Waals surface area contributed by atoms with Crippen molar-refractivity contribution in [3.63, 3.8) is 0 Å². The zero-order valence-corrected chi connectivity index (χ0v) is 11.0. The first-order valence-corrected chi connectivity index (χ1v) is 6.19. The lowest BCUT2D eigenvalue weighted by Gasteiger charge is -2.11. The van der Waals surface area contributed by atoms with E-state index in [-0.39, 0.29) is 12.0 Å². The van der Waals surface area contributed by atoms with Crippen LogP contribution in [0.25, 0.3) is 0 Å².